The van der Waals surface area contributed by atoms with E-state index in [2.05, 4.69) is 47.4 Å². The number of hydrogen-bond donors (Lipinski definition) is 0. The van der Waals surface area contributed by atoms with Crippen molar-refractivity contribution in [2.45, 2.75) is 30.8 Å². The van der Waals surface area contributed by atoms with Crippen molar-refractivity contribution in [3.63, 3.8) is 0 Å². The summed E-state index contributed by atoms with van der Waals surface area (Å²) in [4.78, 5) is 15.9. The molecule has 3 aromatic carbocycles. The zero-order chi connectivity index (χ0) is 20.7. The Morgan fingerprint density at radius 3 is 2.43 bits per heavy atom. The van der Waals surface area contributed by atoms with Gasteiger partial charge in [0, 0.05) is 24.8 Å². The third-order valence-corrected chi connectivity index (χ3v) is 6.74. The van der Waals surface area contributed by atoms with Gasteiger partial charge in [0.2, 0.25) is 6.41 Å². The van der Waals surface area contributed by atoms with Crippen LogP contribution in [0.5, 0.6) is 0 Å². The highest BCUT2D eigenvalue weighted by Gasteiger charge is 2.43. The summed E-state index contributed by atoms with van der Waals surface area (Å²) in [6, 6.07) is 21.4. The minimum atomic E-state index is -0.909. The molecule has 3 aromatic rings. The van der Waals surface area contributed by atoms with E-state index in [0.717, 1.165) is 19.5 Å². The zero-order valence-corrected chi connectivity index (χ0v) is 16.6. The van der Waals surface area contributed by atoms with E-state index in [-0.39, 0.29) is 5.82 Å². The first-order chi connectivity index (χ1) is 14.6. The Kier molecular flexibility index (Phi) is 4.52. The largest absolute Gasteiger partial charge is 0.296 e. The number of amides is 1. The van der Waals surface area contributed by atoms with Gasteiger partial charge in [0.05, 0.1) is 6.07 Å². The first kappa shape index (κ1) is 18.8. The van der Waals surface area contributed by atoms with Crippen LogP contribution in [0, 0.1) is 17.1 Å². The fourth-order valence-electron chi connectivity index (χ4n) is 5.16. The maximum Gasteiger partial charge on any atom is 0.215 e. The number of benzene rings is 3. The van der Waals surface area contributed by atoms with Gasteiger partial charge in [-0.25, -0.2) is 4.39 Å². The second kappa shape index (κ2) is 7.23. The fourth-order valence-corrected chi connectivity index (χ4v) is 5.16. The first-order valence-electron chi connectivity index (χ1n) is 10.3. The predicted octanol–water partition coefficient (Wildman–Crippen LogP) is 4.60. The van der Waals surface area contributed by atoms with E-state index in [4.69, 9.17) is 0 Å². The number of nitrogens with zero attached hydrogens (tertiary/aromatic N) is 3. The quantitative estimate of drug-likeness (QED) is 0.603. The van der Waals surface area contributed by atoms with Gasteiger partial charge in [-0.2, -0.15) is 5.26 Å². The van der Waals surface area contributed by atoms with E-state index in [1.165, 1.54) is 38.9 Å². The summed E-state index contributed by atoms with van der Waals surface area (Å²) in [5.41, 5.74) is 2.39. The van der Waals surface area contributed by atoms with Crippen LogP contribution >= 0.6 is 0 Å². The monoisotopic (exact) mass is 399 g/mol. The van der Waals surface area contributed by atoms with Crippen molar-refractivity contribution in [1.82, 2.24) is 4.90 Å². The summed E-state index contributed by atoms with van der Waals surface area (Å²) in [7, 11) is 0. The normalized spacial score (nSPS) is 20.1. The molecule has 1 unspecified atom stereocenters. The van der Waals surface area contributed by atoms with Crippen LogP contribution < -0.4 is 4.90 Å². The average molecular weight is 399 g/mol. The van der Waals surface area contributed by atoms with Crippen molar-refractivity contribution in [2.24, 2.45) is 0 Å². The molecule has 0 radical (unpaired) electrons. The highest BCUT2D eigenvalue weighted by molar-refractivity contribution is 5.91. The molecule has 0 saturated carbocycles. The molecule has 1 fully saturated rings. The second-order valence-electron chi connectivity index (χ2n) is 8.21. The molecule has 0 spiro atoms. The molecule has 1 atom stereocenters. The van der Waals surface area contributed by atoms with Crippen molar-refractivity contribution < 1.29 is 9.18 Å². The number of piperidine rings is 1. The van der Waals surface area contributed by atoms with Crippen LogP contribution in [-0.2, 0) is 11.2 Å². The lowest BCUT2D eigenvalue weighted by atomic mass is 9.85. The van der Waals surface area contributed by atoms with Crippen LogP contribution in [0.3, 0.4) is 0 Å². The van der Waals surface area contributed by atoms with E-state index in [9.17, 15) is 14.4 Å². The standard InChI is InChI=1S/C25H22FN3O/c26-20-7-9-21(10-8-20)29(17-30)25(16-27)11-13-28(14-12-25)23-15-19-5-1-3-18-4-2-6-22(23)24(18)19/h1-10,17,23H,11-15H2. The van der Waals surface area contributed by atoms with Crippen LogP contribution in [-0.4, -0.2) is 29.9 Å². The average Bonchev–Trinajstić information content (AvgIpc) is 3.17. The highest BCUT2D eigenvalue weighted by atomic mass is 19.1. The molecule has 5 rings (SSSR count). The number of hydrogen-bond acceptors (Lipinski definition) is 3. The van der Waals surface area contributed by atoms with Crippen LogP contribution in [0.2, 0.25) is 0 Å². The second-order valence-corrected chi connectivity index (χ2v) is 8.21. The first-order valence-corrected chi connectivity index (χ1v) is 10.3. The molecule has 4 nitrogen and oxygen atoms in total. The van der Waals surface area contributed by atoms with Crippen LogP contribution in [0.4, 0.5) is 10.1 Å². The number of likely N-dealkylation sites (tertiary alicyclic amines) is 1. The Hall–Kier alpha value is -3.23. The Labute approximate surface area is 175 Å². The van der Waals surface area contributed by atoms with Gasteiger partial charge in [-0.15, -0.1) is 0 Å². The molecule has 1 amide bonds. The predicted molar refractivity (Wildman–Crippen MR) is 114 cm³/mol. The molecule has 30 heavy (non-hydrogen) atoms. The zero-order valence-electron chi connectivity index (χ0n) is 16.6. The summed E-state index contributed by atoms with van der Waals surface area (Å²) in [5.74, 6) is -0.361. The van der Waals surface area contributed by atoms with E-state index in [1.54, 1.807) is 12.1 Å². The Morgan fingerprint density at radius 1 is 1.07 bits per heavy atom. The van der Waals surface area contributed by atoms with Gasteiger partial charge >= 0.3 is 0 Å². The van der Waals surface area contributed by atoms with E-state index in [1.807, 2.05) is 0 Å². The van der Waals surface area contributed by atoms with Crippen LogP contribution in [0.25, 0.3) is 10.8 Å². The number of anilines is 1. The molecule has 0 aromatic heterocycles. The summed E-state index contributed by atoms with van der Waals surface area (Å²) in [6.07, 6.45) is 2.80. The summed E-state index contributed by atoms with van der Waals surface area (Å²) < 4.78 is 13.3. The number of rotatable bonds is 4. The summed E-state index contributed by atoms with van der Waals surface area (Å²) in [6.45, 7) is 1.46. The number of carbonyl (C=O) groups excluding carboxylic acids is 1. The molecular weight excluding hydrogens is 377 g/mol. The van der Waals surface area contributed by atoms with Crippen molar-refractivity contribution >= 4 is 22.9 Å². The molecule has 0 N–H and O–H groups in total. The smallest absolute Gasteiger partial charge is 0.215 e. The third-order valence-electron chi connectivity index (χ3n) is 6.74. The van der Waals surface area contributed by atoms with Gasteiger partial charge in [0.25, 0.3) is 0 Å². The fraction of sp³-hybridized carbons (Fsp3) is 0.280. The van der Waals surface area contributed by atoms with Gasteiger partial charge < -0.3 is 0 Å². The van der Waals surface area contributed by atoms with Gasteiger partial charge in [0.1, 0.15) is 11.4 Å². The van der Waals surface area contributed by atoms with Gasteiger partial charge in [-0.3, -0.25) is 14.6 Å². The lowest BCUT2D eigenvalue weighted by Crippen LogP contribution is -2.55. The molecule has 150 valence electrons. The number of carbonyl (C=O) groups is 1. The van der Waals surface area contributed by atoms with Gasteiger partial charge in [-0.1, -0.05) is 36.4 Å². The molecule has 1 aliphatic carbocycles. The number of halogens is 1. The minimum absolute atomic E-state index is 0.304. The number of nitriles is 1. The SMILES string of the molecule is N#CC1(N(C=O)c2ccc(F)cc2)CCN(C2Cc3cccc4cccc2c34)CC1. The summed E-state index contributed by atoms with van der Waals surface area (Å²) >= 11 is 0. The van der Waals surface area contributed by atoms with Gasteiger partial charge in [0.15, 0.2) is 0 Å². The Balaban J connectivity index is 1.39. The molecule has 2 aliphatic rings. The Bertz CT molecular complexity index is 1140. The van der Waals surface area contributed by atoms with Crippen LogP contribution in [0.1, 0.15) is 30.0 Å². The highest BCUT2D eigenvalue weighted by Crippen LogP contribution is 2.42. The van der Waals surface area contributed by atoms with Crippen molar-refractivity contribution in [3.8, 4) is 6.07 Å². The lowest BCUT2D eigenvalue weighted by molar-refractivity contribution is -0.108. The molecular formula is C25H22FN3O. The third kappa shape index (κ3) is 2.88. The molecule has 1 aliphatic heterocycles. The van der Waals surface area contributed by atoms with E-state index < -0.39 is 5.54 Å². The molecule has 5 heteroatoms. The Morgan fingerprint density at radius 2 is 1.77 bits per heavy atom. The maximum absolute atomic E-state index is 13.3. The van der Waals surface area contributed by atoms with Crippen molar-refractivity contribution in [2.75, 3.05) is 18.0 Å². The van der Waals surface area contributed by atoms with Crippen molar-refractivity contribution in [3.05, 3.63) is 77.6 Å². The minimum Gasteiger partial charge on any atom is -0.296 e. The summed E-state index contributed by atoms with van der Waals surface area (Å²) in [5, 5.41) is 12.7. The van der Waals surface area contributed by atoms with E-state index in [0.29, 0.717) is 31.0 Å². The molecule has 0 bridgehead atoms. The topological polar surface area (TPSA) is 47.3 Å². The maximum atomic E-state index is 13.3. The molecule has 1 saturated heterocycles. The lowest BCUT2D eigenvalue weighted by Gasteiger charge is -2.44. The van der Waals surface area contributed by atoms with Crippen LogP contribution in [0.15, 0.2) is 60.7 Å². The van der Waals surface area contributed by atoms with Crippen molar-refractivity contribution in [1.29, 1.82) is 5.26 Å². The molecule has 1 heterocycles. The van der Waals surface area contributed by atoms with E-state index >= 15 is 0 Å². The van der Waals surface area contributed by atoms with Gasteiger partial charge in [-0.05, 0) is 65.4 Å².